The van der Waals surface area contributed by atoms with Crippen molar-refractivity contribution in [1.29, 1.82) is 0 Å². The lowest BCUT2D eigenvalue weighted by Crippen LogP contribution is -2.49. The van der Waals surface area contributed by atoms with Crippen LogP contribution in [0.15, 0.2) is 18.2 Å². The molecule has 1 heterocycles. The lowest BCUT2D eigenvalue weighted by molar-refractivity contribution is -0.384. The van der Waals surface area contributed by atoms with E-state index >= 15 is 0 Å². The normalized spacial score (nSPS) is 22.9. The molecule has 1 aromatic carbocycles. The number of non-ortho nitro benzene ring substituents is 1. The van der Waals surface area contributed by atoms with Crippen LogP contribution in [0.3, 0.4) is 0 Å². The first-order chi connectivity index (χ1) is 9.56. The number of nitro benzene ring substituents is 1. The summed E-state index contributed by atoms with van der Waals surface area (Å²) in [5.74, 6) is 0. The highest BCUT2D eigenvalue weighted by Crippen LogP contribution is 2.31. The number of halogens is 1. The molecule has 0 radical (unpaired) electrons. The maximum atomic E-state index is 10.9. The van der Waals surface area contributed by atoms with Crippen molar-refractivity contribution in [3.8, 4) is 0 Å². The van der Waals surface area contributed by atoms with Crippen LogP contribution in [0.5, 0.6) is 0 Å². The summed E-state index contributed by atoms with van der Waals surface area (Å²) in [7, 11) is 0. The van der Waals surface area contributed by atoms with E-state index in [1.54, 1.807) is 12.1 Å². The molecule has 0 saturated carbocycles. The molecule has 1 aromatic rings. The maximum absolute atomic E-state index is 10.9. The summed E-state index contributed by atoms with van der Waals surface area (Å²) in [6, 6.07) is 5.41. The first-order valence-electron chi connectivity index (χ1n) is 6.78. The zero-order chi connectivity index (χ0) is 14.7. The van der Waals surface area contributed by atoms with Crippen LogP contribution in [0.1, 0.15) is 25.8 Å². The Hall–Kier alpha value is -1.14. The van der Waals surface area contributed by atoms with Crippen LogP contribution in [0.4, 0.5) is 11.4 Å². The Morgan fingerprint density at radius 1 is 1.55 bits per heavy atom. The number of hydrogen-bond donors (Lipinski definition) is 0. The number of alkyl halides is 1. The second-order valence-corrected chi connectivity index (χ2v) is 5.62. The van der Waals surface area contributed by atoms with Gasteiger partial charge in [0.25, 0.3) is 5.69 Å². The molecule has 6 heteroatoms. The lowest BCUT2D eigenvalue weighted by atomic mass is 10.1. The topological polar surface area (TPSA) is 55.6 Å². The van der Waals surface area contributed by atoms with Crippen LogP contribution in [-0.2, 0) is 10.1 Å². The fourth-order valence-electron chi connectivity index (χ4n) is 2.55. The van der Waals surface area contributed by atoms with Crippen LogP contribution in [0.2, 0.25) is 0 Å². The van der Waals surface area contributed by atoms with Gasteiger partial charge in [-0.2, -0.15) is 0 Å². The first kappa shape index (κ1) is 15.3. The molecule has 2 atom stereocenters. The predicted octanol–water partition coefficient (Wildman–Crippen LogP) is 3.49. The summed E-state index contributed by atoms with van der Waals surface area (Å²) in [5, 5.41) is 11.5. The monoisotopic (exact) mass is 342 g/mol. The minimum Gasteiger partial charge on any atom is -0.375 e. The highest BCUT2D eigenvalue weighted by molar-refractivity contribution is 9.08. The second kappa shape index (κ2) is 6.54. The third-order valence-electron chi connectivity index (χ3n) is 3.67. The van der Waals surface area contributed by atoms with E-state index in [1.807, 2.05) is 6.07 Å². The third kappa shape index (κ3) is 3.12. The molecule has 0 bridgehead atoms. The molecule has 1 fully saturated rings. The SMILES string of the molecule is CCC1COC(C)CN1c1ccc([N+](=O)[O-])cc1CBr. The van der Waals surface area contributed by atoms with Crippen molar-refractivity contribution in [3.63, 3.8) is 0 Å². The number of ether oxygens (including phenoxy) is 1. The maximum Gasteiger partial charge on any atom is 0.269 e. The van der Waals surface area contributed by atoms with E-state index in [0.29, 0.717) is 18.0 Å². The zero-order valence-electron chi connectivity index (χ0n) is 11.7. The van der Waals surface area contributed by atoms with Gasteiger partial charge in [0.15, 0.2) is 0 Å². The van der Waals surface area contributed by atoms with Gasteiger partial charge in [0.1, 0.15) is 0 Å². The molecule has 0 N–H and O–H groups in total. The molecule has 0 aliphatic carbocycles. The van der Waals surface area contributed by atoms with E-state index < -0.39 is 0 Å². The highest BCUT2D eigenvalue weighted by atomic mass is 79.9. The smallest absolute Gasteiger partial charge is 0.269 e. The van der Waals surface area contributed by atoms with E-state index in [1.165, 1.54) is 0 Å². The van der Waals surface area contributed by atoms with Gasteiger partial charge < -0.3 is 9.64 Å². The van der Waals surface area contributed by atoms with Crippen molar-refractivity contribution in [3.05, 3.63) is 33.9 Å². The average molecular weight is 343 g/mol. The minimum atomic E-state index is -0.352. The van der Waals surface area contributed by atoms with Gasteiger partial charge in [-0.25, -0.2) is 0 Å². The molecule has 0 aromatic heterocycles. The van der Waals surface area contributed by atoms with Crippen molar-refractivity contribution < 1.29 is 9.66 Å². The van der Waals surface area contributed by atoms with Gasteiger partial charge in [0.2, 0.25) is 0 Å². The standard InChI is InChI=1S/C14H19BrN2O3/c1-3-12-9-20-10(2)8-16(12)14-5-4-13(17(18)19)6-11(14)7-15/h4-6,10,12H,3,7-9H2,1-2H3. The summed E-state index contributed by atoms with van der Waals surface area (Å²) in [6.07, 6.45) is 1.17. The molecule has 2 unspecified atom stereocenters. The summed E-state index contributed by atoms with van der Waals surface area (Å²) >= 11 is 3.43. The number of anilines is 1. The third-order valence-corrected chi connectivity index (χ3v) is 4.27. The van der Waals surface area contributed by atoms with Gasteiger partial charge >= 0.3 is 0 Å². The molecule has 5 nitrogen and oxygen atoms in total. The van der Waals surface area contributed by atoms with Crippen LogP contribution >= 0.6 is 15.9 Å². The number of rotatable bonds is 4. The summed E-state index contributed by atoms with van der Waals surface area (Å²) in [5.41, 5.74) is 2.15. The Balaban J connectivity index is 2.36. The summed E-state index contributed by atoms with van der Waals surface area (Å²) in [6.45, 7) is 5.71. The quantitative estimate of drug-likeness (QED) is 0.477. The van der Waals surface area contributed by atoms with Gasteiger partial charge in [0, 0.05) is 29.7 Å². The molecule has 0 spiro atoms. The zero-order valence-corrected chi connectivity index (χ0v) is 13.3. The van der Waals surface area contributed by atoms with E-state index in [4.69, 9.17) is 4.74 Å². The Labute approximate surface area is 127 Å². The van der Waals surface area contributed by atoms with E-state index in [9.17, 15) is 10.1 Å². The highest BCUT2D eigenvalue weighted by Gasteiger charge is 2.27. The predicted molar refractivity (Wildman–Crippen MR) is 82.6 cm³/mol. The van der Waals surface area contributed by atoms with E-state index in [2.05, 4.69) is 34.7 Å². The molecule has 2 rings (SSSR count). The Bertz CT molecular complexity index is 495. The fraction of sp³-hybridized carbons (Fsp3) is 0.571. The average Bonchev–Trinajstić information content (AvgIpc) is 2.46. The molecule has 0 amide bonds. The molecule has 1 saturated heterocycles. The molecular formula is C14H19BrN2O3. The largest absolute Gasteiger partial charge is 0.375 e. The lowest BCUT2D eigenvalue weighted by Gasteiger charge is -2.40. The summed E-state index contributed by atoms with van der Waals surface area (Å²) in [4.78, 5) is 12.8. The second-order valence-electron chi connectivity index (χ2n) is 5.06. The van der Waals surface area contributed by atoms with Gasteiger partial charge in [-0.15, -0.1) is 0 Å². The van der Waals surface area contributed by atoms with Gasteiger partial charge in [0.05, 0.1) is 23.7 Å². The van der Waals surface area contributed by atoms with E-state index in [0.717, 1.165) is 24.2 Å². The Kier molecular flexibility index (Phi) is 4.99. The van der Waals surface area contributed by atoms with Gasteiger partial charge in [-0.1, -0.05) is 22.9 Å². The fourth-order valence-corrected chi connectivity index (χ4v) is 3.00. The van der Waals surface area contributed by atoms with Crippen LogP contribution in [0.25, 0.3) is 0 Å². The van der Waals surface area contributed by atoms with Crippen LogP contribution < -0.4 is 4.90 Å². The van der Waals surface area contributed by atoms with Crippen molar-refractivity contribution in [2.45, 2.75) is 37.7 Å². The minimum absolute atomic E-state index is 0.137. The molecule has 1 aliphatic heterocycles. The molecule has 20 heavy (non-hydrogen) atoms. The van der Waals surface area contributed by atoms with Crippen molar-refractivity contribution >= 4 is 27.3 Å². The molecular weight excluding hydrogens is 324 g/mol. The first-order valence-corrected chi connectivity index (χ1v) is 7.90. The van der Waals surface area contributed by atoms with Gasteiger partial charge in [-0.05, 0) is 25.0 Å². The molecule has 1 aliphatic rings. The summed E-state index contributed by atoms with van der Waals surface area (Å²) < 4.78 is 5.71. The number of morpholine rings is 1. The van der Waals surface area contributed by atoms with E-state index in [-0.39, 0.29) is 16.7 Å². The number of nitro groups is 1. The number of nitrogens with zero attached hydrogens (tertiary/aromatic N) is 2. The van der Waals surface area contributed by atoms with Crippen LogP contribution in [-0.4, -0.2) is 30.2 Å². The number of benzene rings is 1. The number of hydrogen-bond acceptors (Lipinski definition) is 4. The Morgan fingerprint density at radius 2 is 2.30 bits per heavy atom. The van der Waals surface area contributed by atoms with Crippen molar-refractivity contribution in [2.24, 2.45) is 0 Å². The van der Waals surface area contributed by atoms with Crippen LogP contribution in [0, 0.1) is 10.1 Å². The van der Waals surface area contributed by atoms with Crippen molar-refractivity contribution in [1.82, 2.24) is 0 Å². The molecule has 110 valence electrons. The van der Waals surface area contributed by atoms with Crippen molar-refractivity contribution in [2.75, 3.05) is 18.1 Å². The van der Waals surface area contributed by atoms with Gasteiger partial charge in [-0.3, -0.25) is 10.1 Å². The Morgan fingerprint density at radius 3 is 2.90 bits per heavy atom.